The zero-order chi connectivity index (χ0) is 19.6. The Hall–Kier alpha value is -2.42. The highest BCUT2D eigenvalue weighted by atomic mass is 79.9. The first-order valence-corrected chi connectivity index (χ1v) is 9.11. The molecule has 2 unspecified atom stereocenters. The maximum Gasteiger partial charge on any atom is 0.334 e. The summed E-state index contributed by atoms with van der Waals surface area (Å²) in [4.78, 5) is 28.1. The van der Waals surface area contributed by atoms with Gasteiger partial charge < -0.3 is 15.5 Å². The van der Waals surface area contributed by atoms with Gasteiger partial charge in [0, 0.05) is 11.2 Å². The SMILES string of the molecule is O=C(NC(Cc1ccccc1Cl)C(O)C(=O)O)c1ccc2ncc(Br)n2c1. The van der Waals surface area contributed by atoms with Gasteiger partial charge in [-0.15, -0.1) is 0 Å². The molecule has 0 aliphatic carbocycles. The van der Waals surface area contributed by atoms with Crippen LogP contribution in [0.3, 0.4) is 0 Å². The Morgan fingerprint density at radius 1 is 1.26 bits per heavy atom. The lowest BCUT2D eigenvalue weighted by Gasteiger charge is -2.22. The molecule has 2 aromatic heterocycles. The number of hydrogen-bond donors (Lipinski definition) is 3. The molecule has 2 atom stereocenters. The Morgan fingerprint density at radius 2 is 2.00 bits per heavy atom. The number of aliphatic hydroxyl groups excluding tert-OH is 1. The number of rotatable bonds is 6. The van der Waals surface area contributed by atoms with Crippen molar-refractivity contribution in [3.8, 4) is 0 Å². The van der Waals surface area contributed by atoms with Crippen LogP contribution in [0.25, 0.3) is 5.65 Å². The smallest absolute Gasteiger partial charge is 0.334 e. The fraction of sp³-hybridized carbons (Fsp3) is 0.167. The van der Waals surface area contributed by atoms with E-state index in [-0.39, 0.29) is 6.42 Å². The minimum Gasteiger partial charge on any atom is -0.479 e. The van der Waals surface area contributed by atoms with Gasteiger partial charge in [0.15, 0.2) is 6.10 Å². The van der Waals surface area contributed by atoms with Crippen molar-refractivity contribution in [1.82, 2.24) is 14.7 Å². The largest absolute Gasteiger partial charge is 0.479 e. The Labute approximate surface area is 167 Å². The van der Waals surface area contributed by atoms with Gasteiger partial charge in [-0.2, -0.15) is 0 Å². The first-order valence-electron chi connectivity index (χ1n) is 7.94. The third-order valence-electron chi connectivity index (χ3n) is 4.07. The van der Waals surface area contributed by atoms with Crippen LogP contribution >= 0.6 is 27.5 Å². The number of carbonyl (C=O) groups is 2. The van der Waals surface area contributed by atoms with Crippen LogP contribution in [-0.4, -0.2) is 43.6 Å². The number of nitrogens with zero attached hydrogens (tertiary/aromatic N) is 2. The van der Waals surface area contributed by atoms with Gasteiger partial charge in [0.2, 0.25) is 0 Å². The van der Waals surface area contributed by atoms with Gasteiger partial charge in [-0.25, -0.2) is 9.78 Å². The van der Waals surface area contributed by atoms with Gasteiger partial charge in [-0.1, -0.05) is 29.8 Å². The van der Waals surface area contributed by atoms with Crippen molar-refractivity contribution in [2.75, 3.05) is 0 Å². The number of halogens is 2. The monoisotopic (exact) mass is 451 g/mol. The van der Waals surface area contributed by atoms with Crippen LogP contribution in [0.2, 0.25) is 5.02 Å². The van der Waals surface area contributed by atoms with Crippen molar-refractivity contribution in [2.45, 2.75) is 18.6 Å². The fourth-order valence-corrected chi connectivity index (χ4v) is 3.25. The molecule has 2 heterocycles. The van der Waals surface area contributed by atoms with E-state index in [9.17, 15) is 19.8 Å². The zero-order valence-corrected chi connectivity index (χ0v) is 16.2. The van der Waals surface area contributed by atoms with Gasteiger partial charge in [0.05, 0.1) is 17.8 Å². The minimum atomic E-state index is -1.78. The molecule has 0 aliphatic rings. The molecule has 0 spiro atoms. The van der Waals surface area contributed by atoms with E-state index >= 15 is 0 Å². The standard InChI is InChI=1S/C18H15BrClN3O4/c19-14-8-21-15-6-5-11(9-23(14)15)17(25)22-13(16(24)18(26)27)7-10-3-1-2-4-12(10)20/h1-6,8-9,13,16,24H,7H2,(H,22,25)(H,26,27). The van der Waals surface area contributed by atoms with E-state index in [0.717, 1.165) is 0 Å². The second-order valence-electron chi connectivity index (χ2n) is 5.89. The number of aliphatic hydroxyl groups is 1. The van der Waals surface area contributed by atoms with Crippen LogP contribution < -0.4 is 5.32 Å². The van der Waals surface area contributed by atoms with Crippen molar-refractivity contribution in [1.29, 1.82) is 0 Å². The summed E-state index contributed by atoms with van der Waals surface area (Å²) in [6.07, 6.45) is 1.46. The van der Waals surface area contributed by atoms with Gasteiger partial charge >= 0.3 is 5.97 Å². The van der Waals surface area contributed by atoms with Crippen molar-refractivity contribution < 1.29 is 19.8 Å². The van der Waals surface area contributed by atoms with Gasteiger partial charge in [0.1, 0.15) is 10.3 Å². The number of aromatic nitrogens is 2. The number of amides is 1. The predicted octanol–water partition coefficient (Wildman–Crippen LogP) is 2.54. The van der Waals surface area contributed by atoms with E-state index in [4.69, 9.17) is 11.6 Å². The third-order valence-corrected chi connectivity index (χ3v) is 5.03. The summed E-state index contributed by atoms with van der Waals surface area (Å²) in [5, 5.41) is 22.2. The van der Waals surface area contributed by atoms with Gasteiger partial charge in [0.25, 0.3) is 5.91 Å². The molecule has 3 aromatic rings. The van der Waals surface area contributed by atoms with E-state index in [2.05, 4.69) is 26.2 Å². The summed E-state index contributed by atoms with van der Waals surface area (Å²) in [5.74, 6) is -1.95. The Morgan fingerprint density at radius 3 is 2.70 bits per heavy atom. The summed E-state index contributed by atoms with van der Waals surface area (Å²) in [7, 11) is 0. The summed E-state index contributed by atoms with van der Waals surface area (Å²) in [5.41, 5.74) is 1.57. The molecule has 0 aliphatic heterocycles. The summed E-state index contributed by atoms with van der Waals surface area (Å²) in [6.45, 7) is 0. The van der Waals surface area contributed by atoms with E-state index in [1.54, 1.807) is 53.2 Å². The quantitative estimate of drug-likeness (QED) is 0.533. The number of carboxylic acids is 1. The number of carboxylic acid groups (broad SMARTS) is 1. The molecule has 27 heavy (non-hydrogen) atoms. The van der Waals surface area contributed by atoms with Gasteiger partial charge in [-0.05, 0) is 46.1 Å². The molecular weight excluding hydrogens is 438 g/mol. The molecule has 1 amide bonds. The topological polar surface area (TPSA) is 104 Å². The third kappa shape index (κ3) is 4.29. The highest BCUT2D eigenvalue weighted by Crippen LogP contribution is 2.19. The first kappa shape index (κ1) is 19.3. The summed E-state index contributed by atoms with van der Waals surface area (Å²) in [6, 6.07) is 9.04. The molecule has 3 N–H and O–H groups in total. The number of fused-ring (bicyclic) bond motifs is 1. The molecule has 3 rings (SSSR count). The normalized spacial score (nSPS) is 13.3. The fourth-order valence-electron chi connectivity index (χ4n) is 2.65. The summed E-state index contributed by atoms with van der Waals surface area (Å²) < 4.78 is 2.34. The van der Waals surface area contributed by atoms with Crippen LogP contribution in [0.15, 0.2) is 53.4 Å². The molecule has 140 valence electrons. The molecule has 0 bridgehead atoms. The zero-order valence-electron chi connectivity index (χ0n) is 13.8. The summed E-state index contributed by atoms with van der Waals surface area (Å²) >= 11 is 9.45. The van der Waals surface area contributed by atoms with Crippen LogP contribution in [0, 0.1) is 0 Å². The Balaban J connectivity index is 1.85. The lowest BCUT2D eigenvalue weighted by atomic mass is 10.0. The Kier molecular flexibility index (Phi) is 5.79. The second-order valence-corrected chi connectivity index (χ2v) is 7.11. The number of carbonyl (C=O) groups excluding carboxylic acids is 1. The molecule has 9 heteroatoms. The highest BCUT2D eigenvalue weighted by Gasteiger charge is 2.28. The lowest BCUT2D eigenvalue weighted by molar-refractivity contribution is -0.148. The number of hydrogen-bond acceptors (Lipinski definition) is 4. The molecule has 0 saturated heterocycles. The number of aliphatic carboxylic acids is 1. The number of nitrogens with one attached hydrogen (secondary N) is 1. The molecule has 1 aromatic carbocycles. The first-order chi connectivity index (χ1) is 12.9. The van der Waals surface area contributed by atoms with E-state index < -0.39 is 24.0 Å². The number of benzene rings is 1. The average molecular weight is 453 g/mol. The minimum absolute atomic E-state index is 0.0654. The molecule has 0 radical (unpaired) electrons. The van der Waals surface area contributed by atoms with E-state index in [0.29, 0.717) is 26.4 Å². The number of pyridine rings is 1. The van der Waals surface area contributed by atoms with Crippen molar-refractivity contribution >= 4 is 45.1 Å². The maximum absolute atomic E-state index is 12.6. The molecular formula is C18H15BrClN3O4. The van der Waals surface area contributed by atoms with Gasteiger partial charge in [-0.3, -0.25) is 9.20 Å². The average Bonchev–Trinajstić information content (AvgIpc) is 3.02. The van der Waals surface area contributed by atoms with E-state index in [1.165, 1.54) is 0 Å². The van der Waals surface area contributed by atoms with Crippen molar-refractivity contribution in [2.24, 2.45) is 0 Å². The van der Waals surface area contributed by atoms with Crippen LogP contribution in [0.4, 0.5) is 0 Å². The van der Waals surface area contributed by atoms with Crippen LogP contribution in [0.5, 0.6) is 0 Å². The van der Waals surface area contributed by atoms with Crippen molar-refractivity contribution in [3.63, 3.8) is 0 Å². The predicted molar refractivity (Wildman–Crippen MR) is 103 cm³/mol. The molecule has 0 saturated carbocycles. The molecule has 7 nitrogen and oxygen atoms in total. The lowest BCUT2D eigenvalue weighted by Crippen LogP contribution is -2.48. The van der Waals surface area contributed by atoms with Crippen molar-refractivity contribution in [3.05, 3.63) is 69.5 Å². The maximum atomic E-state index is 12.6. The van der Waals surface area contributed by atoms with Crippen LogP contribution in [-0.2, 0) is 11.2 Å². The molecule has 0 fully saturated rings. The Bertz CT molecular complexity index is 1010. The van der Waals surface area contributed by atoms with Crippen LogP contribution in [0.1, 0.15) is 15.9 Å². The second kappa shape index (κ2) is 8.08. The highest BCUT2D eigenvalue weighted by molar-refractivity contribution is 9.10. The van der Waals surface area contributed by atoms with E-state index in [1.807, 2.05) is 0 Å². The number of imidazole rings is 1.